The highest BCUT2D eigenvalue weighted by atomic mass is 79.9. The molecular weight excluding hydrogens is 230 g/mol. The van der Waals surface area contributed by atoms with Gasteiger partial charge in [0.25, 0.3) is 5.56 Å². The van der Waals surface area contributed by atoms with Crippen LogP contribution in [0, 0.1) is 0 Å². The monoisotopic (exact) mass is 243 g/mol. The lowest BCUT2D eigenvalue weighted by Gasteiger charge is -2.18. The van der Waals surface area contributed by atoms with Crippen LogP contribution < -0.4 is 5.56 Å². The molecule has 0 aliphatic heterocycles. The van der Waals surface area contributed by atoms with Crippen molar-refractivity contribution in [3.8, 4) is 0 Å². The van der Waals surface area contributed by atoms with Crippen LogP contribution in [0.3, 0.4) is 0 Å². The summed E-state index contributed by atoms with van der Waals surface area (Å²) in [6.45, 7) is 6.12. The molecule has 0 N–H and O–H groups in total. The topological polar surface area (TPSA) is 22.0 Å². The minimum absolute atomic E-state index is 0.0712. The van der Waals surface area contributed by atoms with Crippen LogP contribution in [0.4, 0.5) is 0 Å². The molecule has 1 aromatic rings. The fraction of sp³-hybridized carbons (Fsp3) is 0.500. The highest BCUT2D eigenvalue weighted by molar-refractivity contribution is 9.10. The zero-order chi connectivity index (χ0) is 10.2. The molecule has 2 nitrogen and oxygen atoms in total. The van der Waals surface area contributed by atoms with Gasteiger partial charge in [-0.25, -0.2) is 0 Å². The van der Waals surface area contributed by atoms with Crippen LogP contribution >= 0.6 is 15.9 Å². The van der Waals surface area contributed by atoms with E-state index in [1.54, 1.807) is 11.6 Å². The van der Waals surface area contributed by atoms with Gasteiger partial charge < -0.3 is 4.57 Å². The summed E-state index contributed by atoms with van der Waals surface area (Å²) < 4.78 is 2.42. The maximum Gasteiger partial charge on any atom is 0.254 e. The predicted octanol–water partition coefficient (Wildman–Crippen LogP) is 2.45. The zero-order valence-corrected chi connectivity index (χ0v) is 9.97. The van der Waals surface area contributed by atoms with E-state index in [2.05, 4.69) is 15.9 Å². The standard InChI is InChI=1S/C10H14BrNO/c1-10(2,3)7-5-6-8(11)12(4)9(7)13/h5-6H,1-4H3. The van der Waals surface area contributed by atoms with Gasteiger partial charge in [-0.15, -0.1) is 0 Å². The van der Waals surface area contributed by atoms with Crippen molar-refractivity contribution in [2.75, 3.05) is 0 Å². The lowest BCUT2D eigenvalue weighted by Crippen LogP contribution is -2.29. The van der Waals surface area contributed by atoms with Crippen molar-refractivity contribution in [1.29, 1.82) is 0 Å². The minimum atomic E-state index is -0.0878. The fourth-order valence-corrected chi connectivity index (χ4v) is 1.48. The van der Waals surface area contributed by atoms with E-state index in [0.29, 0.717) is 0 Å². The summed E-state index contributed by atoms with van der Waals surface area (Å²) in [5, 5.41) is 0. The minimum Gasteiger partial charge on any atom is -0.306 e. The molecule has 13 heavy (non-hydrogen) atoms. The summed E-state index contributed by atoms with van der Waals surface area (Å²) in [6, 6.07) is 3.79. The second-order valence-electron chi connectivity index (χ2n) is 4.18. The highest BCUT2D eigenvalue weighted by Crippen LogP contribution is 2.19. The number of rotatable bonds is 0. The highest BCUT2D eigenvalue weighted by Gasteiger charge is 2.18. The van der Waals surface area contributed by atoms with E-state index in [4.69, 9.17) is 0 Å². The van der Waals surface area contributed by atoms with Crippen molar-refractivity contribution >= 4 is 15.9 Å². The van der Waals surface area contributed by atoms with Crippen LogP contribution in [0.15, 0.2) is 21.5 Å². The van der Waals surface area contributed by atoms with Crippen LogP contribution in [-0.2, 0) is 12.5 Å². The molecular formula is C10H14BrNO. The number of halogens is 1. The Morgan fingerprint density at radius 3 is 2.31 bits per heavy atom. The van der Waals surface area contributed by atoms with Crippen molar-refractivity contribution in [1.82, 2.24) is 4.57 Å². The Hall–Kier alpha value is -0.570. The Balaban J connectivity index is 3.44. The van der Waals surface area contributed by atoms with Crippen molar-refractivity contribution in [3.63, 3.8) is 0 Å². The molecule has 0 aliphatic rings. The molecule has 0 unspecified atom stereocenters. The molecule has 1 heterocycles. The predicted molar refractivity (Wildman–Crippen MR) is 58.1 cm³/mol. The largest absolute Gasteiger partial charge is 0.306 e. The molecule has 1 rings (SSSR count). The van der Waals surface area contributed by atoms with Crippen LogP contribution in [0.5, 0.6) is 0 Å². The first-order valence-corrected chi connectivity index (χ1v) is 4.99. The van der Waals surface area contributed by atoms with Gasteiger partial charge in [-0.05, 0) is 27.4 Å². The second kappa shape index (κ2) is 3.29. The van der Waals surface area contributed by atoms with Gasteiger partial charge >= 0.3 is 0 Å². The Morgan fingerprint density at radius 1 is 1.31 bits per heavy atom. The Labute approximate surface area is 86.7 Å². The molecule has 0 spiro atoms. The Kier molecular flexibility index (Phi) is 2.66. The average Bonchev–Trinajstić information content (AvgIpc) is 1.98. The molecule has 72 valence electrons. The second-order valence-corrected chi connectivity index (χ2v) is 5.00. The van der Waals surface area contributed by atoms with Gasteiger partial charge in [0.15, 0.2) is 0 Å². The summed E-state index contributed by atoms with van der Waals surface area (Å²) in [6.07, 6.45) is 0. The fourth-order valence-electron chi connectivity index (χ4n) is 1.18. The van der Waals surface area contributed by atoms with Crippen molar-refractivity contribution in [3.05, 3.63) is 32.7 Å². The third-order valence-electron chi connectivity index (χ3n) is 2.05. The first kappa shape index (κ1) is 10.5. The number of hydrogen-bond donors (Lipinski definition) is 0. The summed E-state index contributed by atoms with van der Waals surface area (Å²) in [5.74, 6) is 0. The summed E-state index contributed by atoms with van der Waals surface area (Å²) in [7, 11) is 1.77. The third kappa shape index (κ3) is 2.02. The summed E-state index contributed by atoms with van der Waals surface area (Å²) >= 11 is 3.31. The maximum absolute atomic E-state index is 11.8. The molecule has 1 aromatic heterocycles. The molecule has 0 radical (unpaired) electrons. The van der Waals surface area contributed by atoms with E-state index >= 15 is 0 Å². The molecule has 0 atom stereocenters. The molecule has 3 heteroatoms. The van der Waals surface area contributed by atoms with Crippen molar-refractivity contribution in [2.45, 2.75) is 26.2 Å². The van der Waals surface area contributed by atoms with Gasteiger partial charge in [-0.3, -0.25) is 4.79 Å². The Morgan fingerprint density at radius 2 is 1.85 bits per heavy atom. The first-order valence-electron chi connectivity index (χ1n) is 4.20. The molecule has 0 aromatic carbocycles. The molecule has 0 saturated heterocycles. The lowest BCUT2D eigenvalue weighted by molar-refractivity contribution is 0.572. The average molecular weight is 244 g/mol. The zero-order valence-electron chi connectivity index (χ0n) is 8.39. The number of nitrogens with zero attached hydrogens (tertiary/aromatic N) is 1. The maximum atomic E-state index is 11.8. The SMILES string of the molecule is Cn1c(Br)ccc(C(C)(C)C)c1=O. The number of hydrogen-bond acceptors (Lipinski definition) is 1. The van der Waals surface area contributed by atoms with Crippen molar-refractivity contribution < 1.29 is 0 Å². The van der Waals surface area contributed by atoms with Gasteiger partial charge in [0.2, 0.25) is 0 Å². The van der Waals surface area contributed by atoms with Gasteiger partial charge in [-0.1, -0.05) is 26.8 Å². The summed E-state index contributed by atoms with van der Waals surface area (Å²) in [5.41, 5.74) is 0.829. The van der Waals surface area contributed by atoms with Crippen LogP contribution in [-0.4, -0.2) is 4.57 Å². The van der Waals surface area contributed by atoms with E-state index in [0.717, 1.165) is 10.2 Å². The number of aromatic nitrogens is 1. The van der Waals surface area contributed by atoms with Crippen molar-refractivity contribution in [2.24, 2.45) is 7.05 Å². The van der Waals surface area contributed by atoms with E-state index < -0.39 is 0 Å². The van der Waals surface area contributed by atoms with E-state index in [1.165, 1.54) is 0 Å². The van der Waals surface area contributed by atoms with E-state index in [9.17, 15) is 4.79 Å². The van der Waals surface area contributed by atoms with Crippen LogP contribution in [0.25, 0.3) is 0 Å². The summed E-state index contributed by atoms with van der Waals surface area (Å²) in [4.78, 5) is 11.8. The third-order valence-corrected chi connectivity index (χ3v) is 2.85. The number of pyridine rings is 1. The van der Waals surface area contributed by atoms with Gasteiger partial charge in [-0.2, -0.15) is 0 Å². The smallest absolute Gasteiger partial charge is 0.254 e. The lowest BCUT2D eigenvalue weighted by atomic mass is 9.88. The Bertz CT molecular complexity index is 373. The van der Waals surface area contributed by atoms with Gasteiger partial charge in [0.05, 0.1) is 4.60 Å². The van der Waals surface area contributed by atoms with E-state index in [-0.39, 0.29) is 11.0 Å². The van der Waals surface area contributed by atoms with Crippen LogP contribution in [0.1, 0.15) is 26.3 Å². The molecule has 0 bridgehead atoms. The van der Waals surface area contributed by atoms with Crippen LogP contribution in [0.2, 0.25) is 0 Å². The molecule has 0 saturated carbocycles. The molecule has 0 aliphatic carbocycles. The molecule has 0 fully saturated rings. The quantitative estimate of drug-likeness (QED) is 0.642. The van der Waals surface area contributed by atoms with Gasteiger partial charge in [0.1, 0.15) is 0 Å². The normalized spacial score (nSPS) is 11.8. The molecule has 0 amide bonds. The van der Waals surface area contributed by atoms with Gasteiger partial charge in [0, 0.05) is 12.6 Å². The first-order chi connectivity index (χ1) is 5.84. The van der Waals surface area contributed by atoms with E-state index in [1.807, 2.05) is 32.9 Å².